The third-order valence-electron chi connectivity index (χ3n) is 4.25. The van der Waals surface area contributed by atoms with Crippen molar-refractivity contribution in [1.29, 1.82) is 0 Å². The van der Waals surface area contributed by atoms with Crippen LogP contribution < -0.4 is 10.6 Å². The number of benzene rings is 2. The highest BCUT2D eigenvalue weighted by Crippen LogP contribution is 2.39. The lowest BCUT2D eigenvalue weighted by Crippen LogP contribution is -2.39. The lowest BCUT2D eigenvalue weighted by molar-refractivity contribution is -0.121. The molecule has 0 saturated carbocycles. The number of nitrogens with one attached hydrogen (secondary N) is 2. The van der Waals surface area contributed by atoms with Gasteiger partial charge in [-0.3, -0.25) is 0 Å². The number of alkyl halides is 6. The van der Waals surface area contributed by atoms with E-state index in [9.17, 15) is 26.3 Å². The molecule has 0 bridgehead atoms. The zero-order valence-corrected chi connectivity index (χ0v) is 20.8. The predicted molar refractivity (Wildman–Crippen MR) is 132 cm³/mol. The Kier molecular flexibility index (Phi) is 10.0. The van der Waals surface area contributed by atoms with E-state index in [1.165, 1.54) is 0 Å². The van der Waals surface area contributed by atoms with Gasteiger partial charge in [-0.15, -0.1) is 0 Å². The Morgan fingerprint density at radius 3 is 1.91 bits per heavy atom. The van der Waals surface area contributed by atoms with Crippen molar-refractivity contribution in [3.63, 3.8) is 0 Å². The van der Waals surface area contributed by atoms with Gasteiger partial charge in [-0.2, -0.15) is 26.3 Å². The summed E-state index contributed by atoms with van der Waals surface area (Å²) in [5.74, 6) is 0. The normalized spacial score (nSPS) is 12.4. The van der Waals surface area contributed by atoms with Gasteiger partial charge in [-0.25, -0.2) is 0 Å². The molecular weight excluding hydrogens is 565 g/mol. The van der Waals surface area contributed by atoms with Gasteiger partial charge in [0.15, 0.2) is 0 Å². The minimum absolute atomic E-state index is 0.0364. The molecule has 0 aliphatic carbocycles. The third kappa shape index (κ3) is 8.88. The molecule has 2 rings (SSSR count). The molecule has 2 nitrogen and oxygen atoms in total. The van der Waals surface area contributed by atoms with E-state index in [0.29, 0.717) is 11.1 Å². The Hall–Kier alpha value is -1.59. The van der Waals surface area contributed by atoms with Crippen LogP contribution in [0.5, 0.6) is 0 Å². The van der Waals surface area contributed by atoms with Crippen LogP contribution in [-0.2, 0) is 6.42 Å². The van der Waals surface area contributed by atoms with Crippen molar-refractivity contribution in [1.82, 2.24) is 10.6 Å². The molecule has 0 amide bonds. The van der Waals surface area contributed by atoms with Crippen LogP contribution in [0.3, 0.4) is 0 Å². The molecule has 0 fully saturated rings. The molecule has 0 aliphatic rings. The molecule has 0 heterocycles. The van der Waals surface area contributed by atoms with Crippen LogP contribution in [0.1, 0.15) is 16.7 Å². The molecule has 0 unspecified atom stereocenters. The van der Waals surface area contributed by atoms with Gasteiger partial charge in [-0.1, -0.05) is 89.6 Å². The van der Waals surface area contributed by atoms with Crippen LogP contribution in [-0.4, -0.2) is 35.4 Å². The number of halogens is 9. The minimum Gasteiger partial charge on any atom is -0.369 e. The maximum absolute atomic E-state index is 13.6. The summed E-state index contributed by atoms with van der Waals surface area (Å²) in [7, 11) is 0. The number of thiocarbonyl (C=S) groups is 2. The zero-order chi connectivity index (χ0) is 25.7. The first-order valence-corrected chi connectivity index (χ1v) is 11.3. The highest BCUT2D eigenvalue weighted by molar-refractivity contribution is 7.81. The second kappa shape index (κ2) is 11.9. The highest BCUT2D eigenvalue weighted by Gasteiger charge is 2.35. The van der Waals surface area contributed by atoms with Gasteiger partial charge < -0.3 is 10.6 Å². The molecule has 0 radical (unpaired) electrons. The molecule has 0 aromatic heterocycles. The fourth-order valence-electron chi connectivity index (χ4n) is 2.64. The third-order valence-corrected chi connectivity index (χ3v) is 6.12. The maximum atomic E-state index is 13.6. The highest BCUT2D eigenvalue weighted by atomic mass is 35.5. The summed E-state index contributed by atoms with van der Waals surface area (Å²) in [6, 6.07) is 8.50. The van der Waals surface area contributed by atoms with E-state index >= 15 is 0 Å². The van der Waals surface area contributed by atoms with Crippen LogP contribution in [0.25, 0.3) is 5.57 Å². The van der Waals surface area contributed by atoms with Gasteiger partial charge in [0.05, 0.1) is 32.2 Å². The molecule has 0 aliphatic heterocycles. The van der Waals surface area contributed by atoms with Crippen molar-refractivity contribution in [2.24, 2.45) is 0 Å². The Morgan fingerprint density at radius 2 is 1.41 bits per heavy atom. The monoisotopic (exact) mass is 578 g/mol. The molecule has 2 N–H and O–H groups in total. The lowest BCUT2D eigenvalue weighted by atomic mass is 10.0. The van der Waals surface area contributed by atoms with E-state index < -0.39 is 24.5 Å². The van der Waals surface area contributed by atoms with E-state index in [1.54, 1.807) is 24.3 Å². The molecule has 2 aromatic rings. The molecule has 0 saturated heterocycles. The quantitative estimate of drug-likeness (QED) is 0.201. The van der Waals surface area contributed by atoms with Crippen LogP contribution in [0.2, 0.25) is 15.1 Å². The van der Waals surface area contributed by atoms with Crippen LogP contribution in [0.4, 0.5) is 26.3 Å². The number of rotatable bonds is 7. The van der Waals surface area contributed by atoms with Gasteiger partial charge in [-0.05, 0) is 29.7 Å². The van der Waals surface area contributed by atoms with Gasteiger partial charge in [0, 0.05) is 5.56 Å². The molecule has 184 valence electrons. The summed E-state index contributed by atoms with van der Waals surface area (Å²) in [5, 5.41) is 4.55. The minimum atomic E-state index is -4.66. The van der Waals surface area contributed by atoms with Crippen molar-refractivity contribution in [2.45, 2.75) is 18.8 Å². The van der Waals surface area contributed by atoms with Crippen LogP contribution in [0, 0.1) is 0 Å². The number of allylic oxidation sites excluding steroid dienone is 2. The predicted octanol–water partition coefficient (Wildman–Crippen LogP) is 7.58. The zero-order valence-electron chi connectivity index (χ0n) is 16.9. The van der Waals surface area contributed by atoms with E-state index in [-0.39, 0.29) is 43.6 Å². The lowest BCUT2D eigenvalue weighted by Gasteiger charge is -2.14. The standard InChI is InChI=1S/C21H15Cl3F6N2S2/c22-15-7-13(8-16(23)18(15)24)14(21(28,29)30)6-3-11-1-4-12(5-2-11)19(34)31-9-17(33)32-10-20(25,26)27/h1-2,4-8H,3,9-10H2,(H,31,34)(H,32,33). The summed E-state index contributed by atoms with van der Waals surface area (Å²) in [4.78, 5) is 0.156. The van der Waals surface area contributed by atoms with Gasteiger partial charge in [0.25, 0.3) is 0 Å². The summed E-state index contributed by atoms with van der Waals surface area (Å²) < 4.78 is 77.4. The van der Waals surface area contributed by atoms with Crippen molar-refractivity contribution in [3.05, 3.63) is 74.2 Å². The summed E-state index contributed by atoms with van der Waals surface area (Å²) >= 11 is 27.5. The van der Waals surface area contributed by atoms with Crippen molar-refractivity contribution < 1.29 is 26.3 Å². The molecule has 0 spiro atoms. The van der Waals surface area contributed by atoms with E-state index in [4.69, 9.17) is 59.2 Å². The molecule has 2 aromatic carbocycles. The fourth-order valence-corrected chi connectivity index (χ4v) is 3.59. The topological polar surface area (TPSA) is 24.1 Å². The average molecular weight is 580 g/mol. The van der Waals surface area contributed by atoms with Crippen molar-refractivity contribution in [3.8, 4) is 0 Å². The van der Waals surface area contributed by atoms with Crippen molar-refractivity contribution >= 4 is 74.8 Å². The largest absolute Gasteiger partial charge is 0.416 e. The maximum Gasteiger partial charge on any atom is 0.416 e. The van der Waals surface area contributed by atoms with E-state index in [1.807, 2.05) is 0 Å². The van der Waals surface area contributed by atoms with Gasteiger partial charge in [0.1, 0.15) is 11.5 Å². The Morgan fingerprint density at radius 1 is 0.853 bits per heavy atom. The van der Waals surface area contributed by atoms with Crippen LogP contribution >= 0.6 is 59.2 Å². The second-order valence-electron chi connectivity index (χ2n) is 6.85. The SMILES string of the molecule is FC(F)(F)CNC(=S)CNC(=S)c1ccc(CC=C(c2cc(Cl)c(Cl)c(Cl)c2)C(F)(F)F)cc1. The smallest absolute Gasteiger partial charge is 0.369 e. The average Bonchev–Trinajstić information content (AvgIpc) is 2.73. The summed E-state index contributed by atoms with van der Waals surface area (Å²) in [6.45, 7) is -1.35. The molecule has 34 heavy (non-hydrogen) atoms. The van der Waals surface area contributed by atoms with Gasteiger partial charge in [0.2, 0.25) is 0 Å². The molecule has 0 atom stereocenters. The molecule has 13 heteroatoms. The van der Waals surface area contributed by atoms with E-state index in [0.717, 1.165) is 18.2 Å². The number of hydrogen-bond acceptors (Lipinski definition) is 2. The van der Waals surface area contributed by atoms with Gasteiger partial charge >= 0.3 is 12.4 Å². The van der Waals surface area contributed by atoms with Crippen molar-refractivity contribution in [2.75, 3.05) is 13.1 Å². The first-order chi connectivity index (χ1) is 15.7. The Balaban J connectivity index is 2.07. The van der Waals surface area contributed by atoms with E-state index in [2.05, 4.69) is 10.6 Å². The molecular formula is C21H15Cl3F6N2S2. The fraction of sp³-hybridized carbons (Fsp3) is 0.238. The first-order valence-electron chi connectivity index (χ1n) is 9.30. The summed E-state index contributed by atoms with van der Waals surface area (Å²) in [6.07, 6.45) is -8.11. The second-order valence-corrected chi connectivity index (χ2v) is 8.94. The Labute approximate surface area is 217 Å². The summed E-state index contributed by atoms with van der Waals surface area (Å²) in [5.41, 5.74) is -0.0615. The Bertz CT molecular complexity index is 1060. The first kappa shape index (κ1) is 28.6. The number of hydrogen-bond donors (Lipinski definition) is 2. The van der Waals surface area contributed by atoms with Crippen LogP contribution in [0.15, 0.2) is 42.5 Å².